The molecule has 0 aromatic heterocycles. The molecule has 0 aliphatic heterocycles. The number of methoxy groups -OCH3 is 1. The summed E-state index contributed by atoms with van der Waals surface area (Å²) in [6.07, 6.45) is 2.97. The highest BCUT2D eigenvalue weighted by molar-refractivity contribution is 5.95. The molecule has 1 aromatic rings. The fraction of sp³-hybridized carbons (Fsp3) is 0.500. The van der Waals surface area contributed by atoms with Crippen LogP contribution in [0.3, 0.4) is 0 Å². The maximum absolute atomic E-state index is 12.4. The van der Waals surface area contributed by atoms with Gasteiger partial charge in [-0.25, -0.2) is 4.79 Å². The Hall–Kier alpha value is -1.88. The molecule has 1 aromatic carbocycles. The average Bonchev–Trinajstić information content (AvgIpc) is 2.97. The number of rotatable bonds is 4. The van der Waals surface area contributed by atoms with Gasteiger partial charge < -0.3 is 15.8 Å². The van der Waals surface area contributed by atoms with Crippen LogP contribution in [0.15, 0.2) is 18.2 Å². The fourth-order valence-corrected chi connectivity index (χ4v) is 2.94. The lowest BCUT2D eigenvalue weighted by Gasteiger charge is -2.18. The second kappa shape index (κ2) is 6.72. The number of aryl methyl sites for hydroxylation is 1. The average molecular weight is 290 g/mol. The first-order valence-electron chi connectivity index (χ1n) is 7.26. The molecule has 1 amide bonds. The summed E-state index contributed by atoms with van der Waals surface area (Å²) in [6, 6.07) is 5.12. The normalized spacial score (nSPS) is 21.1. The molecular formula is C16H22N2O3. The predicted octanol–water partition coefficient (Wildman–Crippen LogP) is 2.10. The number of benzene rings is 1. The first-order valence-corrected chi connectivity index (χ1v) is 7.26. The zero-order valence-electron chi connectivity index (χ0n) is 12.5. The second-order valence-corrected chi connectivity index (χ2v) is 5.54. The number of amides is 1. The van der Waals surface area contributed by atoms with E-state index in [-0.39, 0.29) is 23.7 Å². The van der Waals surface area contributed by atoms with Crippen LogP contribution in [0.5, 0.6) is 0 Å². The van der Waals surface area contributed by atoms with E-state index in [1.807, 2.05) is 6.92 Å². The monoisotopic (exact) mass is 290 g/mol. The largest absolute Gasteiger partial charge is 0.465 e. The smallest absolute Gasteiger partial charge is 0.337 e. The molecule has 2 atom stereocenters. The number of anilines is 1. The van der Waals surface area contributed by atoms with Gasteiger partial charge in [0.1, 0.15) is 0 Å². The highest BCUT2D eigenvalue weighted by Crippen LogP contribution is 2.32. The molecule has 1 fully saturated rings. The molecule has 0 saturated heterocycles. The summed E-state index contributed by atoms with van der Waals surface area (Å²) in [5.41, 5.74) is 7.78. The quantitative estimate of drug-likeness (QED) is 0.832. The number of carbonyl (C=O) groups excluding carboxylic acids is 2. The van der Waals surface area contributed by atoms with Crippen LogP contribution in [0.1, 0.15) is 35.2 Å². The van der Waals surface area contributed by atoms with Crippen molar-refractivity contribution in [3.63, 3.8) is 0 Å². The lowest BCUT2D eigenvalue weighted by Crippen LogP contribution is -2.30. The second-order valence-electron chi connectivity index (χ2n) is 5.54. The van der Waals surface area contributed by atoms with Gasteiger partial charge in [-0.3, -0.25) is 4.79 Å². The van der Waals surface area contributed by atoms with E-state index in [9.17, 15) is 9.59 Å². The molecule has 2 rings (SSSR count). The lowest BCUT2D eigenvalue weighted by atomic mass is 9.95. The Bertz CT molecular complexity index is 542. The van der Waals surface area contributed by atoms with Crippen LogP contribution in [-0.4, -0.2) is 25.5 Å². The summed E-state index contributed by atoms with van der Waals surface area (Å²) in [6.45, 7) is 2.41. The van der Waals surface area contributed by atoms with E-state index in [2.05, 4.69) is 10.1 Å². The molecule has 0 spiro atoms. The standard InChI is InChI=1S/C16H22N2O3/c1-10-8-11(16(20)21-2)6-7-14(10)18-15(19)13-5-3-4-12(13)9-17/h6-8,12-13H,3-5,9,17H2,1-2H3,(H,18,19). The Morgan fingerprint density at radius 2 is 2.14 bits per heavy atom. The molecule has 2 unspecified atom stereocenters. The summed E-state index contributed by atoms with van der Waals surface area (Å²) < 4.78 is 4.68. The van der Waals surface area contributed by atoms with E-state index in [0.717, 1.165) is 30.5 Å². The maximum atomic E-state index is 12.4. The van der Waals surface area contributed by atoms with Gasteiger partial charge in [-0.15, -0.1) is 0 Å². The number of esters is 1. The molecule has 3 N–H and O–H groups in total. The molecule has 1 aliphatic carbocycles. The van der Waals surface area contributed by atoms with Crippen LogP contribution in [-0.2, 0) is 9.53 Å². The van der Waals surface area contributed by atoms with Gasteiger partial charge in [0.15, 0.2) is 0 Å². The molecule has 21 heavy (non-hydrogen) atoms. The third kappa shape index (κ3) is 3.42. The van der Waals surface area contributed by atoms with E-state index in [0.29, 0.717) is 12.1 Å². The minimum atomic E-state index is -0.380. The third-order valence-electron chi connectivity index (χ3n) is 4.20. The van der Waals surface area contributed by atoms with Gasteiger partial charge in [-0.05, 0) is 56.0 Å². The Morgan fingerprint density at radius 1 is 1.38 bits per heavy atom. The Kier molecular flexibility index (Phi) is 4.96. The Labute approximate surface area is 124 Å². The summed E-state index contributed by atoms with van der Waals surface area (Å²) in [4.78, 5) is 23.8. The van der Waals surface area contributed by atoms with Crippen LogP contribution < -0.4 is 11.1 Å². The van der Waals surface area contributed by atoms with Gasteiger partial charge in [0.2, 0.25) is 5.91 Å². The fourth-order valence-electron chi connectivity index (χ4n) is 2.94. The van der Waals surface area contributed by atoms with Crippen molar-refractivity contribution in [2.45, 2.75) is 26.2 Å². The van der Waals surface area contributed by atoms with Crippen LogP contribution in [0, 0.1) is 18.8 Å². The van der Waals surface area contributed by atoms with E-state index < -0.39 is 0 Å². The predicted molar refractivity (Wildman–Crippen MR) is 81.0 cm³/mol. The van der Waals surface area contributed by atoms with Crippen LogP contribution in [0.4, 0.5) is 5.69 Å². The number of hydrogen-bond donors (Lipinski definition) is 2. The van der Waals surface area contributed by atoms with Gasteiger partial charge in [-0.2, -0.15) is 0 Å². The van der Waals surface area contributed by atoms with E-state index in [1.165, 1.54) is 7.11 Å². The molecule has 1 saturated carbocycles. The van der Waals surface area contributed by atoms with Crippen molar-refractivity contribution in [3.8, 4) is 0 Å². The zero-order chi connectivity index (χ0) is 15.4. The number of ether oxygens (including phenoxy) is 1. The Balaban J connectivity index is 2.09. The lowest BCUT2D eigenvalue weighted by molar-refractivity contribution is -0.120. The number of carbonyl (C=O) groups is 2. The van der Waals surface area contributed by atoms with E-state index in [1.54, 1.807) is 18.2 Å². The van der Waals surface area contributed by atoms with Crippen LogP contribution in [0.2, 0.25) is 0 Å². The summed E-state index contributed by atoms with van der Waals surface area (Å²) in [5.74, 6) is -0.0823. The van der Waals surface area contributed by atoms with Crippen molar-refractivity contribution in [2.24, 2.45) is 17.6 Å². The van der Waals surface area contributed by atoms with Crippen molar-refractivity contribution in [1.29, 1.82) is 0 Å². The van der Waals surface area contributed by atoms with Gasteiger partial charge >= 0.3 is 5.97 Å². The highest BCUT2D eigenvalue weighted by atomic mass is 16.5. The third-order valence-corrected chi connectivity index (χ3v) is 4.20. The van der Waals surface area contributed by atoms with Crippen molar-refractivity contribution >= 4 is 17.6 Å². The summed E-state index contributed by atoms with van der Waals surface area (Å²) in [7, 11) is 1.35. The molecule has 5 heteroatoms. The molecular weight excluding hydrogens is 268 g/mol. The summed E-state index contributed by atoms with van der Waals surface area (Å²) >= 11 is 0. The topological polar surface area (TPSA) is 81.4 Å². The minimum Gasteiger partial charge on any atom is -0.465 e. The highest BCUT2D eigenvalue weighted by Gasteiger charge is 2.32. The van der Waals surface area contributed by atoms with Crippen LogP contribution in [0.25, 0.3) is 0 Å². The molecule has 0 bridgehead atoms. The number of hydrogen-bond acceptors (Lipinski definition) is 4. The minimum absolute atomic E-state index is 0.00492. The van der Waals surface area contributed by atoms with Gasteiger partial charge in [0.25, 0.3) is 0 Å². The summed E-state index contributed by atoms with van der Waals surface area (Å²) in [5, 5.41) is 2.95. The van der Waals surface area contributed by atoms with Gasteiger partial charge in [-0.1, -0.05) is 6.42 Å². The maximum Gasteiger partial charge on any atom is 0.337 e. The molecule has 1 aliphatic rings. The van der Waals surface area contributed by atoms with E-state index >= 15 is 0 Å². The van der Waals surface area contributed by atoms with Crippen molar-refractivity contribution in [1.82, 2.24) is 0 Å². The van der Waals surface area contributed by atoms with Crippen molar-refractivity contribution in [2.75, 3.05) is 19.0 Å². The van der Waals surface area contributed by atoms with Gasteiger partial charge in [0.05, 0.1) is 12.7 Å². The molecule has 114 valence electrons. The van der Waals surface area contributed by atoms with E-state index in [4.69, 9.17) is 5.73 Å². The molecule has 0 radical (unpaired) electrons. The number of nitrogens with one attached hydrogen (secondary N) is 1. The first-order chi connectivity index (χ1) is 10.1. The number of nitrogens with two attached hydrogens (primary N) is 1. The zero-order valence-corrected chi connectivity index (χ0v) is 12.5. The Morgan fingerprint density at radius 3 is 2.76 bits per heavy atom. The molecule has 0 heterocycles. The van der Waals surface area contributed by atoms with Gasteiger partial charge in [0, 0.05) is 11.6 Å². The van der Waals surface area contributed by atoms with Crippen molar-refractivity contribution in [3.05, 3.63) is 29.3 Å². The first kappa shape index (κ1) is 15.5. The molecule has 5 nitrogen and oxygen atoms in total. The SMILES string of the molecule is COC(=O)c1ccc(NC(=O)C2CCCC2CN)c(C)c1. The van der Waals surface area contributed by atoms with Crippen LogP contribution >= 0.6 is 0 Å². The van der Waals surface area contributed by atoms with Crippen molar-refractivity contribution < 1.29 is 14.3 Å².